The Hall–Kier alpha value is -5.78. The molecule has 3 aromatic carbocycles. The summed E-state index contributed by atoms with van der Waals surface area (Å²) in [6.07, 6.45) is 2.52. The van der Waals surface area contributed by atoms with Crippen molar-refractivity contribution in [2.45, 2.75) is 95.0 Å². The minimum Gasteiger partial charge on any atom is -0.453 e. The molecule has 2 aromatic heterocycles. The number of likely N-dealkylation sites (tertiary alicyclic amines) is 1. The predicted octanol–water partition coefficient (Wildman–Crippen LogP) is 6.87. The van der Waals surface area contributed by atoms with Gasteiger partial charge >= 0.3 is 12.2 Å². The summed E-state index contributed by atoms with van der Waals surface area (Å²) in [7, 11) is 3.71. The Bertz CT molecular complexity index is 2480. The van der Waals surface area contributed by atoms with Crippen molar-refractivity contribution in [2.75, 3.05) is 41.2 Å². The van der Waals surface area contributed by atoms with Gasteiger partial charge in [0.15, 0.2) is 0 Å². The minimum absolute atomic E-state index is 0.237. The zero-order chi connectivity index (χ0) is 44.7. The molecule has 2 aliphatic heterocycles. The first-order valence-electron chi connectivity index (χ1n) is 20.9. The third-order valence-electron chi connectivity index (χ3n) is 12.6. The zero-order valence-electron chi connectivity index (χ0n) is 37.2. The highest BCUT2D eigenvalue weighted by Crippen LogP contribution is 2.40. The number of aromatic nitrogens is 4. The van der Waals surface area contributed by atoms with Gasteiger partial charge in [-0.15, -0.1) is 0 Å². The lowest BCUT2D eigenvalue weighted by molar-refractivity contribution is -0.142. The van der Waals surface area contributed by atoms with Crippen molar-refractivity contribution in [3.63, 3.8) is 0 Å². The molecule has 0 unspecified atom stereocenters. The van der Waals surface area contributed by atoms with Crippen LogP contribution in [0.1, 0.15) is 64.3 Å². The third-order valence-corrected chi connectivity index (χ3v) is 15.3. The van der Waals surface area contributed by atoms with E-state index in [-0.39, 0.29) is 23.9 Å². The summed E-state index contributed by atoms with van der Waals surface area (Å²) in [5.74, 6) is 0.895. The zero-order valence-corrected chi connectivity index (χ0v) is 38.2. The number of benzene rings is 3. The highest BCUT2D eigenvalue weighted by molar-refractivity contribution is 6.78. The second kappa shape index (κ2) is 17.2. The Morgan fingerprint density at radius 2 is 1.35 bits per heavy atom. The summed E-state index contributed by atoms with van der Waals surface area (Å²) in [6.45, 7) is 12.1. The van der Waals surface area contributed by atoms with Crippen molar-refractivity contribution in [3.8, 4) is 22.4 Å². The van der Waals surface area contributed by atoms with Gasteiger partial charge in [-0.05, 0) is 80.8 Å². The van der Waals surface area contributed by atoms with Gasteiger partial charge in [0.1, 0.15) is 23.7 Å². The van der Waals surface area contributed by atoms with E-state index in [1.165, 1.54) is 28.4 Å². The number of hydrogen-bond donors (Lipinski definition) is 4. The number of methoxy groups -OCH3 is 4. The molecule has 0 aliphatic carbocycles. The number of carbonyl (C=O) groups is 4. The van der Waals surface area contributed by atoms with E-state index in [4.69, 9.17) is 28.9 Å². The van der Waals surface area contributed by atoms with Gasteiger partial charge in [0.25, 0.3) is 0 Å². The quantitative estimate of drug-likeness (QED) is 0.0963. The maximum atomic E-state index is 14.3. The van der Waals surface area contributed by atoms with Crippen LogP contribution in [0.2, 0.25) is 19.1 Å². The topological polar surface area (TPSA) is 193 Å². The number of H-pyrrole nitrogens is 2. The number of imidazole rings is 2. The van der Waals surface area contributed by atoms with Crippen LogP contribution in [0.3, 0.4) is 0 Å². The Kier molecular flexibility index (Phi) is 12.3. The summed E-state index contributed by atoms with van der Waals surface area (Å²) < 4.78 is 20.9. The van der Waals surface area contributed by atoms with Crippen LogP contribution in [0.5, 0.6) is 0 Å². The summed E-state index contributed by atoms with van der Waals surface area (Å²) in [4.78, 5) is 73.2. The summed E-state index contributed by atoms with van der Waals surface area (Å²) in [5, 5.41) is 7.41. The van der Waals surface area contributed by atoms with E-state index in [0.29, 0.717) is 18.5 Å². The monoisotopic (exact) mass is 866 g/mol. The maximum Gasteiger partial charge on any atom is 0.407 e. The first-order chi connectivity index (χ1) is 29.4. The first kappa shape index (κ1) is 44.3. The van der Waals surface area contributed by atoms with Gasteiger partial charge in [0, 0.05) is 32.3 Å². The lowest BCUT2D eigenvalue weighted by atomic mass is 9.96. The fourth-order valence-electron chi connectivity index (χ4n) is 8.70. The van der Waals surface area contributed by atoms with Gasteiger partial charge in [0.05, 0.1) is 68.5 Å². The number of ether oxygens (including phenoxy) is 4. The van der Waals surface area contributed by atoms with Gasteiger partial charge in [0.2, 0.25) is 11.8 Å². The third kappa shape index (κ3) is 8.65. The van der Waals surface area contributed by atoms with Gasteiger partial charge in [-0.2, -0.15) is 0 Å². The normalized spacial score (nSPS) is 18.8. The largest absolute Gasteiger partial charge is 0.453 e. The van der Waals surface area contributed by atoms with Crippen LogP contribution < -0.4 is 10.6 Å². The highest BCUT2D eigenvalue weighted by Gasteiger charge is 2.49. The summed E-state index contributed by atoms with van der Waals surface area (Å²) in [5.41, 5.74) is 3.60. The molecule has 2 aliphatic rings. The smallest absolute Gasteiger partial charge is 0.407 e. The fourth-order valence-corrected chi connectivity index (χ4v) is 11.6. The van der Waals surface area contributed by atoms with Gasteiger partial charge < -0.3 is 49.3 Å². The Morgan fingerprint density at radius 3 is 1.97 bits per heavy atom. The van der Waals surface area contributed by atoms with Gasteiger partial charge in [-0.3, -0.25) is 9.59 Å². The number of nitrogens with one attached hydrogen (secondary N) is 4. The molecule has 0 spiro atoms. The minimum atomic E-state index is -1.86. The molecule has 62 heavy (non-hydrogen) atoms. The average Bonchev–Trinajstić information content (AvgIpc) is 4.09. The van der Waals surface area contributed by atoms with Crippen LogP contribution >= 0.6 is 0 Å². The molecule has 0 saturated carbocycles. The molecule has 4 heterocycles. The van der Waals surface area contributed by atoms with Crippen LogP contribution in [0.25, 0.3) is 44.2 Å². The van der Waals surface area contributed by atoms with Crippen molar-refractivity contribution >= 4 is 53.9 Å². The van der Waals surface area contributed by atoms with Gasteiger partial charge in [-0.25, -0.2) is 19.6 Å². The molecule has 5 aromatic rings. The molecule has 7 rings (SSSR count). The van der Waals surface area contributed by atoms with Crippen LogP contribution in [0, 0.1) is 0 Å². The Balaban J connectivity index is 1.10. The number of nitrogens with zero attached hydrogens (tertiary/aromatic N) is 4. The first-order valence-corrected chi connectivity index (χ1v) is 24.3. The van der Waals surface area contributed by atoms with Crippen molar-refractivity contribution in [1.29, 1.82) is 0 Å². The van der Waals surface area contributed by atoms with Crippen molar-refractivity contribution in [1.82, 2.24) is 40.4 Å². The maximum absolute atomic E-state index is 14.3. The lowest BCUT2D eigenvalue weighted by Crippen LogP contribution is -2.59. The summed E-state index contributed by atoms with van der Waals surface area (Å²) in [6, 6.07) is 17.0. The molecule has 4 amide bonds. The van der Waals surface area contributed by atoms with Crippen molar-refractivity contribution < 1.29 is 38.1 Å². The van der Waals surface area contributed by atoms with Crippen LogP contribution in [-0.2, 0) is 28.5 Å². The number of hydrogen-bond acceptors (Lipinski definition) is 10. The molecule has 16 nitrogen and oxygen atoms in total. The molecule has 4 atom stereocenters. The Morgan fingerprint density at radius 1 is 0.758 bits per heavy atom. The van der Waals surface area contributed by atoms with Crippen LogP contribution in [0.15, 0.2) is 60.8 Å². The lowest BCUT2D eigenvalue weighted by Gasteiger charge is -2.36. The second-order valence-electron chi connectivity index (χ2n) is 18.1. The van der Waals surface area contributed by atoms with E-state index in [2.05, 4.69) is 70.1 Å². The molecule has 4 N–H and O–H groups in total. The molecule has 0 bridgehead atoms. The number of fused-ring (bicyclic) bond motifs is 3. The van der Waals surface area contributed by atoms with Crippen molar-refractivity contribution in [2.24, 2.45) is 0 Å². The van der Waals surface area contributed by atoms with E-state index < -0.39 is 43.5 Å². The number of carbonyl (C=O) groups excluding carboxylic acids is 4. The molecular formula is C45H58N8O8Si. The molecule has 17 heteroatoms. The molecule has 2 saturated heterocycles. The predicted molar refractivity (Wildman–Crippen MR) is 238 cm³/mol. The van der Waals surface area contributed by atoms with E-state index >= 15 is 0 Å². The highest BCUT2D eigenvalue weighted by atomic mass is 28.3. The van der Waals surface area contributed by atoms with Gasteiger partial charge in [-0.1, -0.05) is 55.6 Å². The molecule has 0 radical (unpaired) electrons. The average molecular weight is 867 g/mol. The standard InChI is InChI=1S/C45H58N8O8Si/c1-44(2,60-7)36(50-42(56)58-5)40(54)52-21-11-12-33(52)38-46-23-32(48-38)27-15-13-26(14-16-27)28-17-19-30-29(22-28)18-20-31-35(30)49-39(47-31)34-24-62(9,10)25-53(34)41(55)37(45(3,4)61-8)51-43(57)59-6/h13-20,22-23,33-34,36-37H,11-12,21,24-25H2,1-10H3,(H,46,48)(H,47,49)(H,50,56)(H,51,57)/t33-,34-,36+,37+/m0/s1. The van der Waals surface area contributed by atoms with Crippen LogP contribution in [0.4, 0.5) is 9.59 Å². The number of rotatable bonds is 12. The molecule has 2 fully saturated rings. The van der Waals surface area contributed by atoms with E-state index in [0.717, 1.165) is 68.9 Å². The summed E-state index contributed by atoms with van der Waals surface area (Å²) >= 11 is 0. The van der Waals surface area contributed by atoms with E-state index in [1.807, 2.05) is 23.1 Å². The fraction of sp³-hybridized carbons (Fsp3) is 0.467. The van der Waals surface area contributed by atoms with Crippen LogP contribution in [-0.4, -0.2) is 126 Å². The number of alkyl carbamates (subject to hydrolysis) is 2. The second-order valence-corrected chi connectivity index (χ2v) is 23.1. The van der Waals surface area contributed by atoms with E-state index in [9.17, 15) is 19.2 Å². The Labute approximate surface area is 362 Å². The van der Waals surface area contributed by atoms with E-state index in [1.54, 1.807) is 38.8 Å². The molecule has 330 valence electrons. The molecular weight excluding hydrogens is 809 g/mol. The number of amides is 4. The number of aromatic amines is 2. The van der Waals surface area contributed by atoms with Crippen molar-refractivity contribution in [3.05, 3.63) is 72.4 Å². The SMILES string of the molecule is COC(=O)N[C@H](C(=O)N1CCC[C@H]1c1ncc(-c2ccc(-c3ccc4c(ccc5[nH]c([C@@H]6C[Si](C)(C)CN6C(=O)[C@@H](NC(=O)OC)C(C)(C)OC)nc54)c3)cc2)[nH]1)C(C)(C)OC.